The highest BCUT2D eigenvalue weighted by Gasteiger charge is 2.23. The maximum absolute atomic E-state index is 11.3. The molecular weight excluding hydrogens is 270 g/mol. The van der Waals surface area contributed by atoms with E-state index in [1.165, 1.54) is 0 Å². The Kier molecular flexibility index (Phi) is 5.55. The molecule has 4 N–H and O–H groups in total. The highest BCUT2D eigenvalue weighted by Crippen LogP contribution is 2.16. The van der Waals surface area contributed by atoms with Gasteiger partial charge in [0.05, 0.1) is 6.10 Å². The molecule has 0 radical (unpaired) electrons. The summed E-state index contributed by atoms with van der Waals surface area (Å²) in [6.45, 7) is 5.30. The van der Waals surface area contributed by atoms with Crippen molar-refractivity contribution >= 4 is 5.91 Å². The molecular formula is C15H23N3O3. The number of nitrogens with zero attached hydrogens (tertiary/aromatic N) is 1. The number of hydrogen-bond acceptors (Lipinski definition) is 5. The molecule has 21 heavy (non-hydrogen) atoms. The van der Waals surface area contributed by atoms with Crippen LogP contribution in [0.25, 0.3) is 0 Å². The molecule has 6 nitrogen and oxygen atoms in total. The fourth-order valence-electron chi connectivity index (χ4n) is 2.50. The highest BCUT2D eigenvalue weighted by atomic mass is 16.5. The first-order valence-corrected chi connectivity index (χ1v) is 7.24. The van der Waals surface area contributed by atoms with E-state index in [-0.39, 0.29) is 12.0 Å². The van der Waals surface area contributed by atoms with Gasteiger partial charge in [0.1, 0.15) is 12.4 Å². The summed E-state index contributed by atoms with van der Waals surface area (Å²) in [4.78, 5) is 13.6. The van der Waals surface area contributed by atoms with Gasteiger partial charge in [0.2, 0.25) is 0 Å². The number of aliphatic hydroxyl groups excluding tert-OH is 1. The van der Waals surface area contributed by atoms with E-state index in [0.29, 0.717) is 18.1 Å². The highest BCUT2D eigenvalue weighted by molar-refractivity contribution is 5.93. The number of piperidine rings is 1. The van der Waals surface area contributed by atoms with E-state index in [0.717, 1.165) is 31.8 Å². The fourth-order valence-corrected chi connectivity index (χ4v) is 2.50. The fraction of sp³-hybridized carbons (Fsp3) is 0.533. The van der Waals surface area contributed by atoms with Crippen LogP contribution in [0.1, 0.15) is 23.7 Å². The maximum atomic E-state index is 11.3. The number of hydrazine groups is 1. The average molecular weight is 293 g/mol. The van der Waals surface area contributed by atoms with E-state index in [2.05, 4.69) is 17.2 Å². The number of carbonyl (C=O) groups is 1. The van der Waals surface area contributed by atoms with Crippen molar-refractivity contribution in [3.63, 3.8) is 0 Å². The number of benzene rings is 1. The molecule has 1 aromatic rings. The van der Waals surface area contributed by atoms with Crippen molar-refractivity contribution in [2.75, 3.05) is 26.2 Å². The largest absolute Gasteiger partial charge is 0.492 e. The number of nitrogens with two attached hydrogens (primary N) is 1. The Morgan fingerprint density at radius 2 is 2.19 bits per heavy atom. The first-order chi connectivity index (χ1) is 10.1. The van der Waals surface area contributed by atoms with Crippen molar-refractivity contribution in [1.29, 1.82) is 0 Å². The number of hydrogen-bond donors (Lipinski definition) is 3. The lowest BCUT2D eigenvalue weighted by molar-refractivity contribution is 0.0304. The molecule has 6 heteroatoms. The molecule has 1 saturated heterocycles. The number of amides is 1. The average Bonchev–Trinajstić information content (AvgIpc) is 2.51. The predicted molar refractivity (Wildman–Crippen MR) is 79.8 cm³/mol. The second kappa shape index (κ2) is 7.40. The van der Waals surface area contributed by atoms with Gasteiger partial charge in [-0.25, -0.2) is 5.84 Å². The van der Waals surface area contributed by atoms with E-state index in [1.807, 2.05) is 0 Å². The van der Waals surface area contributed by atoms with E-state index in [1.54, 1.807) is 24.3 Å². The molecule has 1 aliphatic rings. The van der Waals surface area contributed by atoms with Crippen LogP contribution >= 0.6 is 0 Å². The topological polar surface area (TPSA) is 87.8 Å². The van der Waals surface area contributed by atoms with Crippen LogP contribution < -0.4 is 16.0 Å². The zero-order valence-electron chi connectivity index (χ0n) is 12.3. The Hall–Kier alpha value is -1.63. The number of nitrogen functional groups attached to an aromatic ring is 1. The zero-order valence-corrected chi connectivity index (χ0v) is 12.3. The van der Waals surface area contributed by atoms with Crippen molar-refractivity contribution in [3.05, 3.63) is 29.8 Å². The van der Waals surface area contributed by atoms with Gasteiger partial charge < -0.3 is 9.84 Å². The van der Waals surface area contributed by atoms with Crippen molar-refractivity contribution in [1.82, 2.24) is 10.3 Å². The molecule has 1 aliphatic heterocycles. The standard InChI is InChI=1S/C15H23N3O3/c1-11-10-18(7-6-14(11)19)8-9-21-13-4-2-12(3-5-13)15(20)17-16/h2-5,11,14,19H,6-10,16H2,1H3,(H,17,20). The number of aliphatic hydroxyl groups is 1. The Bertz CT molecular complexity index is 464. The first kappa shape index (κ1) is 15.8. The summed E-state index contributed by atoms with van der Waals surface area (Å²) in [5.41, 5.74) is 2.59. The molecule has 0 aromatic heterocycles. The molecule has 2 unspecified atom stereocenters. The van der Waals surface area contributed by atoms with Gasteiger partial charge in [0.25, 0.3) is 5.91 Å². The molecule has 2 rings (SSSR count). The molecule has 0 aliphatic carbocycles. The third-order valence-corrected chi connectivity index (χ3v) is 3.87. The summed E-state index contributed by atoms with van der Waals surface area (Å²) < 4.78 is 5.67. The van der Waals surface area contributed by atoms with Gasteiger partial charge >= 0.3 is 0 Å². The third-order valence-electron chi connectivity index (χ3n) is 3.87. The molecule has 1 amide bonds. The number of rotatable bonds is 5. The van der Waals surface area contributed by atoms with Crippen LogP contribution in [-0.4, -0.2) is 48.3 Å². The smallest absolute Gasteiger partial charge is 0.265 e. The summed E-state index contributed by atoms with van der Waals surface area (Å²) in [5.74, 6) is 5.80. The lowest BCUT2D eigenvalue weighted by atomic mass is 9.97. The zero-order chi connectivity index (χ0) is 15.2. The summed E-state index contributed by atoms with van der Waals surface area (Å²) in [6.07, 6.45) is 0.646. The second-order valence-corrected chi connectivity index (χ2v) is 5.48. The maximum Gasteiger partial charge on any atom is 0.265 e. The molecule has 0 saturated carbocycles. The van der Waals surface area contributed by atoms with Gasteiger partial charge in [0, 0.05) is 25.2 Å². The van der Waals surface area contributed by atoms with E-state index in [4.69, 9.17) is 10.6 Å². The monoisotopic (exact) mass is 293 g/mol. The summed E-state index contributed by atoms with van der Waals surface area (Å²) >= 11 is 0. The van der Waals surface area contributed by atoms with Crippen molar-refractivity contribution in [2.45, 2.75) is 19.4 Å². The van der Waals surface area contributed by atoms with Crippen LogP contribution in [0, 0.1) is 5.92 Å². The SMILES string of the molecule is CC1CN(CCOc2ccc(C(=O)NN)cc2)CCC1O. The van der Waals surface area contributed by atoms with E-state index >= 15 is 0 Å². The number of carbonyl (C=O) groups excluding carboxylic acids is 1. The Balaban J connectivity index is 1.75. The minimum absolute atomic E-state index is 0.177. The lowest BCUT2D eigenvalue weighted by Crippen LogP contribution is -2.43. The predicted octanol–water partition coefficient (Wildman–Crippen LogP) is 0.372. The van der Waals surface area contributed by atoms with Crippen molar-refractivity contribution in [3.8, 4) is 5.75 Å². The van der Waals surface area contributed by atoms with Gasteiger partial charge in [0.15, 0.2) is 0 Å². The Morgan fingerprint density at radius 3 is 2.81 bits per heavy atom. The Morgan fingerprint density at radius 1 is 1.48 bits per heavy atom. The van der Waals surface area contributed by atoms with Crippen molar-refractivity contribution < 1.29 is 14.6 Å². The first-order valence-electron chi connectivity index (χ1n) is 7.24. The van der Waals surface area contributed by atoms with Crippen LogP contribution in [-0.2, 0) is 0 Å². The van der Waals surface area contributed by atoms with Gasteiger partial charge in [-0.3, -0.25) is 15.1 Å². The van der Waals surface area contributed by atoms with Crippen LogP contribution in [0.5, 0.6) is 5.75 Å². The van der Waals surface area contributed by atoms with Crippen LogP contribution in [0.3, 0.4) is 0 Å². The Labute approximate surface area is 124 Å². The molecule has 0 bridgehead atoms. The third kappa shape index (κ3) is 4.42. The lowest BCUT2D eigenvalue weighted by Gasteiger charge is -2.34. The van der Waals surface area contributed by atoms with Gasteiger partial charge in [-0.1, -0.05) is 6.92 Å². The van der Waals surface area contributed by atoms with Crippen molar-refractivity contribution in [2.24, 2.45) is 11.8 Å². The summed E-state index contributed by atoms with van der Waals surface area (Å²) in [7, 11) is 0. The quantitative estimate of drug-likeness (QED) is 0.415. The number of likely N-dealkylation sites (tertiary alicyclic amines) is 1. The van der Waals surface area contributed by atoms with Gasteiger partial charge in [-0.05, 0) is 36.6 Å². The van der Waals surface area contributed by atoms with Gasteiger partial charge in [-0.2, -0.15) is 0 Å². The van der Waals surface area contributed by atoms with E-state index < -0.39 is 0 Å². The molecule has 0 spiro atoms. The second-order valence-electron chi connectivity index (χ2n) is 5.48. The molecule has 1 fully saturated rings. The van der Waals surface area contributed by atoms with Crippen LogP contribution in [0.2, 0.25) is 0 Å². The summed E-state index contributed by atoms with van der Waals surface area (Å²) in [5, 5.41) is 9.69. The molecule has 2 atom stereocenters. The number of ether oxygens (including phenoxy) is 1. The number of nitrogens with one attached hydrogen (secondary N) is 1. The molecule has 116 valence electrons. The van der Waals surface area contributed by atoms with E-state index in [9.17, 15) is 9.90 Å². The minimum atomic E-state index is -0.317. The molecule has 1 heterocycles. The van der Waals surface area contributed by atoms with Crippen LogP contribution in [0.4, 0.5) is 0 Å². The van der Waals surface area contributed by atoms with Gasteiger partial charge in [-0.15, -0.1) is 0 Å². The van der Waals surface area contributed by atoms with Crippen LogP contribution in [0.15, 0.2) is 24.3 Å². The summed E-state index contributed by atoms with van der Waals surface area (Å²) in [6, 6.07) is 6.87. The minimum Gasteiger partial charge on any atom is -0.492 e. The molecule has 1 aromatic carbocycles. The normalized spacial score (nSPS) is 22.8.